The summed E-state index contributed by atoms with van der Waals surface area (Å²) in [5, 5.41) is 11.8. The van der Waals surface area contributed by atoms with Crippen LogP contribution in [-0.2, 0) is 11.4 Å². The quantitative estimate of drug-likeness (QED) is 0.696. The Morgan fingerprint density at radius 3 is 2.42 bits per heavy atom. The Labute approximate surface area is 140 Å². The van der Waals surface area contributed by atoms with Crippen molar-refractivity contribution in [3.05, 3.63) is 84.1 Å². The smallest absolute Gasteiger partial charge is 0.248 e. The van der Waals surface area contributed by atoms with Crippen LogP contribution < -0.4 is 5.32 Å². The van der Waals surface area contributed by atoms with Gasteiger partial charge in [0.15, 0.2) is 0 Å². The van der Waals surface area contributed by atoms with Crippen molar-refractivity contribution >= 4 is 17.7 Å². The van der Waals surface area contributed by atoms with E-state index in [2.05, 4.69) is 5.32 Å². The van der Waals surface area contributed by atoms with E-state index in [1.54, 1.807) is 12.1 Å². The largest absolute Gasteiger partial charge is 0.459 e. The molecule has 3 rings (SSSR count). The van der Waals surface area contributed by atoms with Crippen LogP contribution in [0.3, 0.4) is 0 Å². The highest BCUT2D eigenvalue weighted by Crippen LogP contribution is 2.23. The fourth-order valence-corrected chi connectivity index (χ4v) is 2.26. The van der Waals surface area contributed by atoms with Gasteiger partial charge in [-0.3, -0.25) is 4.79 Å². The van der Waals surface area contributed by atoms with E-state index in [0.717, 1.165) is 11.1 Å². The van der Waals surface area contributed by atoms with E-state index in [-0.39, 0.29) is 12.5 Å². The van der Waals surface area contributed by atoms with Gasteiger partial charge in [0.1, 0.15) is 18.1 Å². The van der Waals surface area contributed by atoms with Crippen LogP contribution in [0.5, 0.6) is 0 Å². The fourth-order valence-electron chi connectivity index (χ4n) is 2.26. The van der Waals surface area contributed by atoms with E-state index in [0.29, 0.717) is 17.2 Å². The standard InChI is InChI=1S/C20H17NO3/c22-14-18-11-12-19(24-18)16-7-9-17(10-8-16)21-20(23)13-6-15-4-2-1-3-5-15/h1-13,22H,14H2,(H,21,23)/b13-6+. The van der Waals surface area contributed by atoms with Gasteiger partial charge in [-0.15, -0.1) is 0 Å². The Balaban J connectivity index is 1.63. The van der Waals surface area contributed by atoms with Gasteiger partial charge in [0.2, 0.25) is 5.91 Å². The van der Waals surface area contributed by atoms with Gasteiger partial charge in [-0.1, -0.05) is 30.3 Å². The molecule has 0 radical (unpaired) electrons. The summed E-state index contributed by atoms with van der Waals surface area (Å²) in [5.74, 6) is 1.02. The fraction of sp³-hybridized carbons (Fsp3) is 0.0500. The maximum atomic E-state index is 11.9. The molecule has 1 aromatic heterocycles. The number of hydrogen-bond donors (Lipinski definition) is 2. The third-order valence-corrected chi connectivity index (χ3v) is 3.48. The van der Waals surface area contributed by atoms with Crippen molar-refractivity contribution in [3.8, 4) is 11.3 Å². The Kier molecular flexibility index (Phi) is 4.89. The molecular formula is C20H17NO3. The SMILES string of the molecule is O=C(/C=C/c1ccccc1)Nc1ccc(-c2ccc(CO)o2)cc1. The second kappa shape index (κ2) is 7.44. The molecule has 0 spiro atoms. The third kappa shape index (κ3) is 4.00. The molecule has 0 fully saturated rings. The molecule has 0 bridgehead atoms. The van der Waals surface area contributed by atoms with E-state index in [1.807, 2.05) is 60.7 Å². The summed E-state index contributed by atoms with van der Waals surface area (Å²) in [5.41, 5.74) is 2.56. The number of rotatable bonds is 5. The van der Waals surface area contributed by atoms with Crippen molar-refractivity contribution in [2.45, 2.75) is 6.61 Å². The number of carbonyl (C=O) groups excluding carboxylic acids is 1. The summed E-state index contributed by atoms with van der Waals surface area (Å²) in [6.45, 7) is -0.123. The molecule has 0 unspecified atom stereocenters. The Morgan fingerprint density at radius 2 is 1.75 bits per heavy atom. The average Bonchev–Trinajstić information content (AvgIpc) is 3.11. The third-order valence-electron chi connectivity index (χ3n) is 3.48. The van der Waals surface area contributed by atoms with Crippen LogP contribution in [0.25, 0.3) is 17.4 Å². The van der Waals surface area contributed by atoms with Gasteiger partial charge in [0, 0.05) is 17.3 Å². The first-order valence-electron chi connectivity index (χ1n) is 7.59. The minimum atomic E-state index is -0.188. The molecule has 0 aliphatic heterocycles. The van der Waals surface area contributed by atoms with Crippen molar-refractivity contribution in [2.75, 3.05) is 5.32 Å². The molecule has 120 valence electrons. The number of aliphatic hydroxyl groups excluding tert-OH is 1. The van der Waals surface area contributed by atoms with E-state index in [1.165, 1.54) is 6.08 Å². The van der Waals surface area contributed by atoms with Crippen LogP contribution in [0.4, 0.5) is 5.69 Å². The molecule has 0 aliphatic rings. The topological polar surface area (TPSA) is 62.5 Å². The van der Waals surface area contributed by atoms with Crippen molar-refractivity contribution in [1.82, 2.24) is 0 Å². The predicted octanol–water partition coefficient (Wildman–Crippen LogP) is 4.09. The highest BCUT2D eigenvalue weighted by Gasteiger charge is 2.05. The predicted molar refractivity (Wildman–Crippen MR) is 94.2 cm³/mol. The monoisotopic (exact) mass is 319 g/mol. The Hall–Kier alpha value is -3.11. The summed E-state index contributed by atoms with van der Waals surface area (Å²) in [7, 11) is 0. The molecule has 2 N–H and O–H groups in total. The molecule has 4 nitrogen and oxygen atoms in total. The number of anilines is 1. The maximum absolute atomic E-state index is 11.9. The molecule has 1 amide bonds. The molecule has 4 heteroatoms. The van der Waals surface area contributed by atoms with Crippen molar-refractivity contribution in [1.29, 1.82) is 0 Å². The number of benzene rings is 2. The number of amides is 1. The summed E-state index contributed by atoms with van der Waals surface area (Å²) in [6, 6.07) is 20.5. The van der Waals surface area contributed by atoms with Crippen LogP contribution in [0, 0.1) is 0 Å². The van der Waals surface area contributed by atoms with Gasteiger partial charge < -0.3 is 14.8 Å². The van der Waals surface area contributed by atoms with Crippen LogP contribution in [0.2, 0.25) is 0 Å². The molecule has 3 aromatic rings. The van der Waals surface area contributed by atoms with Gasteiger partial charge in [-0.2, -0.15) is 0 Å². The number of nitrogens with one attached hydrogen (secondary N) is 1. The molecular weight excluding hydrogens is 302 g/mol. The molecule has 2 aromatic carbocycles. The maximum Gasteiger partial charge on any atom is 0.248 e. The van der Waals surface area contributed by atoms with Gasteiger partial charge in [0.25, 0.3) is 0 Å². The number of carbonyl (C=O) groups is 1. The first-order valence-corrected chi connectivity index (χ1v) is 7.59. The van der Waals surface area contributed by atoms with E-state index in [4.69, 9.17) is 9.52 Å². The molecule has 1 heterocycles. The lowest BCUT2D eigenvalue weighted by molar-refractivity contribution is -0.111. The van der Waals surface area contributed by atoms with E-state index >= 15 is 0 Å². The van der Waals surface area contributed by atoms with Crippen LogP contribution in [0.15, 0.2) is 77.2 Å². The summed E-state index contributed by atoms with van der Waals surface area (Å²) < 4.78 is 5.48. The van der Waals surface area contributed by atoms with Crippen molar-refractivity contribution in [3.63, 3.8) is 0 Å². The van der Waals surface area contributed by atoms with Crippen LogP contribution in [-0.4, -0.2) is 11.0 Å². The van der Waals surface area contributed by atoms with Crippen LogP contribution in [0.1, 0.15) is 11.3 Å². The van der Waals surface area contributed by atoms with Crippen molar-refractivity contribution in [2.24, 2.45) is 0 Å². The van der Waals surface area contributed by atoms with Gasteiger partial charge in [0.05, 0.1) is 0 Å². The lowest BCUT2D eigenvalue weighted by atomic mass is 10.1. The normalized spacial score (nSPS) is 10.9. The average molecular weight is 319 g/mol. The highest BCUT2D eigenvalue weighted by molar-refractivity contribution is 6.02. The van der Waals surface area contributed by atoms with Gasteiger partial charge >= 0.3 is 0 Å². The lowest BCUT2D eigenvalue weighted by Gasteiger charge is -2.03. The summed E-state index contributed by atoms with van der Waals surface area (Å²) in [6.07, 6.45) is 3.27. The minimum absolute atomic E-state index is 0.123. The van der Waals surface area contributed by atoms with Crippen LogP contribution >= 0.6 is 0 Å². The molecule has 0 aliphatic carbocycles. The zero-order valence-electron chi connectivity index (χ0n) is 13.0. The first kappa shape index (κ1) is 15.8. The second-order valence-electron chi connectivity index (χ2n) is 5.23. The number of hydrogen-bond acceptors (Lipinski definition) is 3. The minimum Gasteiger partial charge on any atom is -0.459 e. The summed E-state index contributed by atoms with van der Waals surface area (Å²) >= 11 is 0. The van der Waals surface area contributed by atoms with Crippen molar-refractivity contribution < 1.29 is 14.3 Å². The number of aliphatic hydroxyl groups is 1. The zero-order chi connectivity index (χ0) is 16.8. The molecule has 0 saturated carbocycles. The van der Waals surface area contributed by atoms with Gasteiger partial charge in [-0.25, -0.2) is 0 Å². The van der Waals surface area contributed by atoms with E-state index in [9.17, 15) is 4.79 Å². The molecule has 0 atom stereocenters. The second-order valence-corrected chi connectivity index (χ2v) is 5.23. The first-order chi connectivity index (χ1) is 11.7. The molecule has 0 saturated heterocycles. The highest BCUT2D eigenvalue weighted by atomic mass is 16.4. The molecule has 24 heavy (non-hydrogen) atoms. The van der Waals surface area contributed by atoms with Gasteiger partial charge in [-0.05, 0) is 48.0 Å². The Bertz CT molecular complexity index is 833. The zero-order valence-corrected chi connectivity index (χ0v) is 13.0. The summed E-state index contributed by atoms with van der Waals surface area (Å²) in [4.78, 5) is 11.9. The lowest BCUT2D eigenvalue weighted by Crippen LogP contribution is -2.07. The number of furan rings is 1. The van der Waals surface area contributed by atoms with E-state index < -0.39 is 0 Å². The Morgan fingerprint density at radius 1 is 1.00 bits per heavy atom.